The molecule has 0 aromatic heterocycles. The van der Waals surface area contributed by atoms with Crippen molar-refractivity contribution in [1.29, 1.82) is 5.26 Å². The van der Waals surface area contributed by atoms with Gasteiger partial charge in [0.15, 0.2) is 5.78 Å². The summed E-state index contributed by atoms with van der Waals surface area (Å²) in [4.78, 5) is 11.9. The van der Waals surface area contributed by atoms with E-state index in [9.17, 15) is 9.18 Å². The first-order chi connectivity index (χ1) is 9.60. The van der Waals surface area contributed by atoms with Crippen molar-refractivity contribution in [1.82, 2.24) is 0 Å². The fourth-order valence-corrected chi connectivity index (χ4v) is 1.99. The highest BCUT2D eigenvalue weighted by Crippen LogP contribution is 2.17. The number of allylic oxidation sites excluding steroid dienone is 1. The van der Waals surface area contributed by atoms with E-state index in [-0.39, 0.29) is 5.78 Å². The molecule has 0 spiro atoms. The first-order valence-electron chi connectivity index (χ1n) is 5.78. The van der Waals surface area contributed by atoms with E-state index in [0.717, 1.165) is 4.47 Å². The van der Waals surface area contributed by atoms with E-state index in [1.807, 2.05) is 6.07 Å². The summed E-state index contributed by atoms with van der Waals surface area (Å²) in [5.41, 5.74) is 1.28. The molecular weight excluding hydrogens is 321 g/mol. The van der Waals surface area contributed by atoms with Crippen molar-refractivity contribution >= 4 is 27.8 Å². The molecule has 20 heavy (non-hydrogen) atoms. The number of carbonyl (C=O) groups is 1. The summed E-state index contributed by atoms with van der Waals surface area (Å²) in [6, 6.07) is 12.8. The van der Waals surface area contributed by atoms with E-state index in [4.69, 9.17) is 5.26 Å². The molecule has 2 aromatic carbocycles. The van der Waals surface area contributed by atoms with E-state index in [1.165, 1.54) is 18.2 Å². The molecule has 98 valence electrons. The predicted molar refractivity (Wildman–Crippen MR) is 78.6 cm³/mol. The number of hydrogen-bond acceptors (Lipinski definition) is 2. The molecule has 0 aliphatic heterocycles. The zero-order valence-corrected chi connectivity index (χ0v) is 11.9. The third-order valence-corrected chi connectivity index (χ3v) is 3.16. The van der Waals surface area contributed by atoms with E-state index in [1.54, 1.807) is 36.4 Å². The lowest BCUT2D eigenvalue weighted by Crippen LogP contribution is -1.94. The molecule has 0 aliphatic rings. The Bertz CT molecular complexity index is 714. The average molecular weight is 330 g/mol. The smallest absolute Gasteiger partial charge is 0.185 e. The molecule has 0 radical (unpaired) electrons. The van der Waals surface area contributed by atoms with Crippen LogP contribution in [0.4, 0.5) is 4.39 Å². The Labute approximate surface area is 124 Å². The summed E-state index contributed by atoms with van der Waals surface area (Å²) in [6.07, 6.45) is 2.74. The monoisotopic (exact) mass is 329 g/mol. The molecule has 4 heteroatoms. The summed E-state index contributed by atoms with van der Waals surface area (Å²) in [5.74, 6) is -0.633. The Balaban J connectivity index is 2.20. The van der Waals surface area contributed by atoms with Crippen LogP contribution in [0.25, 0.3) is 6.08 Å². The van der Waals surface area contributed by atoms with E-state index in [0.29, 0.717) is 16.7 Å². The largest absolute Gasteiger partial charge is 0.289 e. The molecule has 2 nitrogen and oxygen atoms in total. The Hall–Kier alpha value is -2.25. The molecule has 0 unspecified atom stereocenters. The van der Waals surface area contributed by atoms with Crippen molar-refractivity contribution in [2.45, 2.75) is 0 Å². The standard InChI is InChI=1S/C16H9BrFNO/c17-14-6-7-15(18)13(9-14)5-8-16(20)12-3-1-11(10-19)2-4-12/h1-9H/b8-5+. The Morgan fingerprint density at radius 2 is 1.90 bits per heavy atom. The van der Waals surface area contributed by atoms with Gasteiger partial charge < -0.3 is 0 Å². The summed E-state index contributed by atoms with van der Waals surface area (Å²) < 4.78 is 14.2. The fraction of sp³-hybridized carbons (Fsp3) is 0. The number of rotatable bonds is 3. The first kappa shape index (κ1) is 14.2. The van der Waals surface area contributed by atoms with Crippen molar-refractivity contribution in [3.05, 3.63) is 75.5 Å². The maximum atomic E-state index is 13.5. The molecule has 2 aromatic rings. The maximum absolute atomic E-state index is 13.5. The molecule has 0 saturated heterocycles. The van der Waals surface area contributed by atoms with Crippen molar-refractivity contribution in [3.8, 4) is 6.07 Å². The van der Waals surface area contributed by atoms with Crippen LogP contribution in [0.2, 0.25) is 0 Å². The number of halogens is 2. The zero-order chi connectivity index (χ0) is 14.5. The topological polar surface area (TPSA) is 40.9 Å². The highest BCUT2D eigenvalue weighted by atomic mass is 79.9. The van der Waals surface area contributed by atoms with Crippen LogP contribution in [0.3, 0.4) is 0 Å². The van der Waals surface area contributed by atoms with Gasteiger partial charge in [0.1, 0.15) is 5.82 Å². The number of ketones is 1. The molecule has 0 fully saturated rings. The van der Waals surface area contributed by atoms with Gasteiger partial charge in [0, 0.05) is 15.6 Å². The molecule has 0 aliphatic carbocycles. The van der Waals surface area contributed by atoms with Crippen molar-refractivity contribution < 1.29 is 9.18 Å². The first-order valence-corrected chi connectivity index (χ1v) is 6.57. The minimum absolute atomic E-state index is 0.242. The van der Waals surface area contributed by atoms with Crippen LogP contribution < -0.4 is 0 Å². The SMILES string of the molecule is N#Cc1ccc(C(=O)/C=C/c2cc(Br)ccc2F)cc1. The van der Waals surface area contributed by atoms with Crippen LogP contribution in [-0.4, -0.2) is 5.78 Å². The van der Waals surface area contributed by atoms with Crippen LogP contribution in [-0.2, 0) is 0 Å². The van der Waals surface area contributed by atoms with Gasteiger partial charge in [0.25, 0.3) is 0 Å². The van der Waals surface area contributed by atoms with Crippen LogP contribution >= 0.6 is 15.9 Å². The second kappa shape index (κ2) is 6.27. The van der Waals surface area contributed by atoms with Gasteiger partial charge in [-0.3, -0.25) is 4.79 Å². The highest BCUT2D eigenvalue weighted by Gasteiger charge is 2.03. The number of nitrogens with zero attached hydrogens (tertiary/aromatic N) is 1. The molecule has 0 heterocycles. The lowest BCUT2D eigenvalue weighted by molar-refractivity contribution is 0.104. The lowest BCUT2D eigenvalue weighted by atomic mass is 10.1. The van der Waals surface area contributed by atoms with Crippen molar-refractivity contribution in [3.63, 3.8) is 0 Å². The zero-order valence-electron chi connectivity index (χ0n) is 10.3. The summed E-state index contributed by atoms with van der Waals surface area (Å²) in [7, 11) is 0. The quantitative estimate of drug-likeness (QED) is 0.620. The summed E-state index contributed by atoms with van der Waals surface area (Å²) in [5, 5.41) is 8.68. The summed E-state index contributed by atoms with van der Waals surface area (Å²) in [6.45, 7) is 0. The van der Waals surface area contributed by atoms with E-state index in [2.05, 4.69) is 15.9 Å². The minimum atomic E-state index is -0.392. The third-order valence-electron chi connectivity index (χ3n) is 2.67. The van der Waals surface area contributed by atoms with Gasteiger partial charge in [0.2, 0.25) is 0 Å². The van der Waals surface area contributed by atoms with E-state index < -0.39 is 5.82 Å². The van der Waals surface area contributed by atoms with Gasteiger partial charge in [-0.05, 0) is 54.6 Å². The average Bonchev–Trinajstić information content (AvgIpc) is 2.48. The van der Waals surface area contributed by atoms with Crippen molar-refractivity contribution in [2.75, 3.05) is 0 Å². The number of nitriles is 1. The normalized spacial score (nSPS) is 10.4. The number of hydrogen-bond donors (Lipinski definition) is 0. The highest BCUT2D eigenvalue weighted by molar-refractivity contribution is 9.10. The molecule has 2 rings (SSSR count). The van der Waals surface area contributed by atoms with E-state index >= 15 is 0 Å². The van der Waals surface area contributed by atoms with Gasteiger partial charge in [-0.15, -0.1) is 0 Å². The molecule has 0 bridgehead atoms. The molecule has 0 saturated carbocycles. The number of benzene rings is 2. The van der Waals surface area contributed by atoms with Gasteiger partial charge in [-0.25, -0.2) is 4.39 Å². The molecule has 0 atom stereocenters. The third kappa shape index (κ3) is 3.40. The minimum Gasteiger partial charge on any atom is -0.289 e. The molecule has 0 N–H and O–H groups in total. The predicted octanol–water partition coefficient (Wildman–Crippen LogP) is 4.36. The van der Waals surface area contributed by atoms with Gasteiger partial charge in [-0.2, -0.15) is 5.26 Å². The second-order valence-corrected chi connectivity index (χ2v) is 4.97. The Kier molecular flexibility index (Phi) is 4.44. The van der Waals surface area contributed by atoms with Crippen LogP contribution in [0.1, 0.15) is 21.5 Å². The molecule has 0 amide bonds. The van der Waals surface area contributed by atoms with Crippen LogP contribution in [0.5, 0.6) is 0 Å². The lowest BCUT2D eigenvalue weighted by Gasteiger charge is -1.98. The Morgan fingerprint density at radius 1 is 1.20 bits per heavy atom. The van der Waals surface area contributed by atoms with Gasteiger partial charge >= 0.3 is 0 Å². The fourth-order valence-electron chi connectivity index (χ4n) is 1.61. The second-order valence-electron chi connectivity index (χ2n) is 4.05. The molecular formula is C16H9BrFNO. The van der Waals surface area contributed by atoms with Gasteiger partial charge in [-0.1, -0.05) is 15.9 Å². The van der Waals surface area contributed by atoms with Crippen LogP contribution in [0, 0.1) is 17.1 Å². The van der Waals surface area contributed by atoms with Gasteiger partial charge in [0.05, 0.1) is 11.6 Å². The maximum Gasteiger partial charge on any atom is 0.185 e. The summed E-state index contributed by atoms with van der Waals surface area (Å²) >= 11 is 3.25. The number of carbonyl (C=O) groups excluding carboxylic acids is 1. The Morgan fingerprint density at radius 3 is 2.55 bits per heavy atom. The van der Waals surface area contributed by atoms with Crippen molar-refractivity contribution in [2.24, 2.45) is 0 Å². The van der Waals surface area contributed by atoms with Crippen LogP contribution in [0.15, 0.2) is 53.0 Å².